The molecule has 4 atom stereocenters. The lowest BCUT2D eigenvalue weighted by Gasteiger charge is -2.23. The van der Waals surface area contributed by atoms with Gasteiger partial charge in [0.05, 0.1) is 12.1 Å². The molecule has 8 heteroatoms. The highest BCUT2D eigenvalue weighted by atomic mass is 16.1. The number of carbonyl (C=O) groups is 2. The summed E-state index contributed by atoms with van der Waals surface area (Å²) in [6.07, 6.45) is 3.24. The van der Waals surface area contributed by atoms with E-state index in [2.05, 4.69) is 69.0 Å². The van der Waals surface area contributed by atoms with Crippen LogP contribution in [0.2, 0.25) is 0 Å². The zero-order chi connectivity index (χ0) is 29.1. The number of benzene rings is 2. The van der Waals surface area contributed by atoms with Crippen molar-refractivity contribution in [2.24, 2.45) is 11.5 Å². The maximum Gasteiger partial charge on any atom is 0.154 e. The van der Waals surface area contributed by atoms with Gasteiger partial charge in [0.2, 0.25) is 0 Å². The lowest BCUT2D eigenvalue weighted by molar-refractivity contribution is -0.113. The Morgan fingerprint density at radius 2 is 1.02 bits per heavy atom. The van der Waals surface area contributed by atoms with E-state index in [1.807, 2.05) is 26.0 Å². The monoisotopic (exact) mass is 546 g/mol. The van der Waals surface area contributed by atoms with E-state index in [1.54, 1.807) is 26.0 Å². The summed E-state index contributed by atoms with van der Waals surface area (Å²) in [5, 5.41) is 6.92. The summed E-state index contributed by atoms with van der Waals surface area (Å²) in [6, 6.07) is 21.4. The van der Waals surface area contributed by atoms with Crippen molar-refractivity contribution in [2.45, 2.75) is 65.0 Å². The molecule has 0 saturated carbocycles. The first-order valence-electron chi connectivity index (χ1n) is 14.0. The first-order valence-corrected chi connectivity index (χ1v) is 14.0. The minimum absolute atomic E-state index is 0.0336. The molecule has 0 spiro atoms. The lowest BCUT2D eigenvalue weighted by atomic mass is 10.1. The minimum Gasteiger partial charge on any atom is -0.382 e. The molecule has 0 aromatic heterocycles. The van der Waals surface area contributed by atoms with Crippen LogP contribution in [0.3, 0.4) is 0 Å². The Morgan fingerprint density at radius 1 is 0.675 bits per heavy atom. The molecule has 0 amide bonds. The molecular weight excluding hydrogens is 500 g/mol. The summed E-state index contributed by atoms with van der Waals surface area (Å²) in [6.45, 7) is 12.3. The molecule has 2 fully saturated rings. The van der Waals surface area contributed by atoms with Crippen LogP contribution in [0.4, 0.5) is 0 Å². The molecule has 2 saturated heterocycles. The zero-order valence-corrected chi connectivity index (χ0v) is 24.3. The molecule has 0 unspecified atom stereocenters. The molecule has 2 aliphatic heterocycles. The molecule has 2 aromatic carbocycles. The fraction of sp³-hybridized carbons (Fsp3) is 0.438. The summed E-state index contributed by atoms with van der Waals surface area (Å²) in [5.41, 5.74) is 16.0. The summed E-state index contributed by atoms with van der Waals surface area (Å²) in [7, 11) is 0. The van der Waals surface area contributed by atoms with Crippen molar-refractivity contribution in [3.63, 3.8) is 0 Å². The van der Waals surface area contributed by atoms with Crippen molar-refractivity contribution in [3.8, 4) is 0 Å². The standard InChI is InChI=1S/C21H29N3O2.C11H17N3/c1-15(10-17(3)25)22-20-13-24(12-19-8-6-5-7-9-19)14-21(20)23-16(2)11-18(4)26;12-10-7-14(8-11(10)13)6-9-4-2-1-3-5-9/h5-11,20-23H,12-14H2,1-4H3;1-5,10-11H,6-8,12-13H2/t20-,21-;10-,11-/m11/s1. The lowest BCUT2D eigenvalue weighted by Crippen LogP contribution is -2.45. The summed E-state index contributed by atoms with van der Waals surface area (Å²) in [5.74, 6) is 0.0672. The molecule has 0 bridgehead atoms. The van der Waals surface area contributed by atoms with Gasteiger partial charge in [0, 0.05) is 62.7 Å². The number of nitrogens with two attached hydrogens (primary N) is 2. The maximum absolute atomic E-state index is 11.3. The number of rotatable bonds is 10. The van der Waals surface area contributed by atoms with Gasteiger partial charge in [0.25, 0.3) is 0 Å². The molecule has 8 nitrogen and oxygen atoms in total. The van der Waals surface area contributed by atoms with Gasteiger partial charge in [-0.3, -0.25) is 19.4 Å². The van der Waals surface area contributed by atoms with E-state index in [4.69, 9.17) is 11.5 Å². The van der Waals surface area contributed by atoms with Gasteiger partial charge in [-0.2, -0.15) is 0 Å². The van der Waals surface area contributed by atoms with E-state index in [0.29, 0.717) is 0 Å². The van der Waals surface area contributed by atoms with E-state index in [9.17, 15) is 9.59 Å². The molecule has 6 N–H and O–H groups in total. The average Bonchev–Trinajstić information content (AvgIpc) is 3.39. The van der Waals surface area contributed by atoms with Crippen LogP contribution in [-0.4, -0.2) is 71.7 Å². The minimum atomic E-state index is 0.0336. The van der Waals surface area contributed by atoms with Crippen molar-refractivity contribution in [1.29, 1.82) is 0 Å². The second kappa shape index (κ2) is 15.5. The van der Waals surface area contributed by atoms with Gasteiger partial charge in [-0.05, 0) is 51.0 Å². The van der Waals surface area contributed by atoms with Crippen molar-refractivity contribution in [2.75, 3.05) is 26.2 Å². The smallest absolute Gasteiger partial charge is 0.154 e. The molecule has 0 radical (unpaired) electrons. The van der Waals surface area contributed by atoms with Gasteiger partial charge in [-0.15, -0.1) is 0 Å². The van der Waals surface area contributed by atoms with Crippen molar-refractivity contribution in [1.82, 2.24) is 20.4 Å². The number of ketones is 2. The molecule has 4 rings (SSSR count). The molecule has 0 aliphatic carbocycles. The predicted molar refractivity (Wildman–Crippen MR) is 162 cm³/mol. The van der Waals surface area contributed by atoms with E-state index in [1.165, 1.54) is 11.1 Å². The Bertz CT molecular complexity index is 1100. The molecule has 2 heterocycles. The van der Waals surface area contributed by atoms with Crippen LogP contribution in [0.15, 0.2) is 84.2 Å². The maximum atomic E-state index is 11.3. The van der Waals surface area contributed by atoms with Gasteiger partial charge >= 0.3 is 0 Å². The largest absolute Gasteiger partial charge is 0.382 e. The number of carbonyl (C=O) groups excluding carboxylic acids is 2. The van der Waals surface area contributed by atoms with Gasteiger partial charge in [0.1, 0.15) is 0 Å². The van der Waals surface area contributed by atoms with Crippen LogP contribution in [0.1, 0.15) is 38.8 Å². The Labute approximate surface area is 239 Å². The third kappa shape index (κ3) is 10.7. The molecule has 40 heavy (non-hydrogen) atoms. The molecular formula is C32H46N6O2. The van der Waals surface area contributed by atoms with Gasteiger partial charge in [-0.1, -0.05) is 60.7 Å². The van der Waals surface area contributed by atoms with Crippen LogP contribution in [0.25, 0.3) is 0 Å². The molecule has 2 aromatic rings. The second-order valence-corrected chi connectivity index (χ2v) is 11.1. The SMILES string of the molecule is CC(=O)C=C(C)N[C@@H]1CN(Cc2ccccc2)C[C@H]1NC(C)=CC(C)=O.N[C@@H]1CN(Cc2ccccc2)C[C@H]1N. The third-order valence-electron chi connectivity index (χ3n) is 7.05. The van der Waals surface area contributed by atoms with Gasteiger partial charge in [-0.25, -0.2) is 0 Å². The third-order valence-corrected chi connectivity index (χ3v) is 7.05. The normalized spacial score (nSPS) is 23.9. The van der Waals surface area contributed by atoms with Crippen LogP contribution in [-0.2, 0) is 22.7 Å². The van der Waals surface area contributed by atoms with Crippen molar-refractivity contribution >= 4 is 11.6 Å². The first-order chi connectivity index (χ1) is 19.1. The highest BCUT2D eigenvalue weighted by Crippen LogP contribution is 2.17. The number of hydrogen-bond donors (Lipinski definition) is 4. The quantitative estimate of drug-likeness (QED) is 0.336. The summed E-state index contributed by atoms with van der Waals surface area (Å²) in [4.78, 5) is 27.3. The second-order valence-electron chi connectivity index (χ2n) is 11.1. The Kier molecular flexibility index (Phi) is 12.1. The highest BCUT2D eigenvalue weighted by molar-refractivity contribution is 5.88. The number of allylic oxidation sites excluding steroid dienone is 4. The number of nitrogens with one attached hydrogen (secondary N) is 2. The van der Waals surface area contributed by atoms with Crippen molar-refractivity contribution in [3.05, 3.63) is 95.3 Å². The van der Waals surface area contributed by atoms with Crippen LogP contribution < -0.4 is 22.1 Å². The number of nitrogens with zero attached hydrogens (tertiary/aromatic N) is 2. The first kappa shape index (κ1) is 31.2. The fourth-order valence-electron chi connectivity index (χ4n) is 5.34. The van der Waals surface area contributed by atoms with Crippen LogP contribution in [0, 0.1) is 0 Å². The summed E-state index contributed by atoms with van der Waals surface area (Å²) < 4.78 is 0. The fourth-order valence-corrected chi connectivity index (χ4v) is 5.34. The highest BCUT2D eigenvalue weighted by Gasteiger charge is 2.32. The van der Waals surface area contributed by atoms with E-state index < -0.39 is 0 Å². The van der Waals surface area contributed by atoms with Gasteiger partial charge < -0.3 is 22.1 Å². The Morgan fingerprint density at radius 3 is 1.38 bits per heavy atom. The average molecular weight is 547 g/mol. The van der Waals surface area contributed by atoms with E-state index in [-0.39, 0.29) is 35.7 Å². The Hall–Kier alpha value is -3.30. The molecule has 2 aliphatic rings. The predicted octanol–water partition coefficient (Wildman–Crippen LogP) is 2.56. The van der Waals surface area contributed by atoms with Crippen LogP contribution >= 0.6 is 0 Å². The van der Waals surface area contributed by atoms with Gasteiger partial charge in [0.15, 0.2) is 11.6 Å². The number of likely N-dealkylation sites (tertiary alicyclic amines) is 2. The summed E-state index contributed by atoms with van der Waals surface area (Å²) >= 11 is 0. The van der Waals surface area contributed by atoms with E-state index >= 15 is 0 Å². The number of hydrogen-bond acceptors (Lipinski definition) is 8. The van der Waals surface area contributed by atoms with E-state index in [0.717, 1.165) is 50.7 Å². The zero-order valence-electron chi connectivity index (χ0n) is 24.3. The Balaban J connectivity index is 0.000000263. The molecule has 216 valence electrons. The van der Waals surface area contributed by atoms with Crippen LogP contribution in [0.5, 0.6) is 0 Å². The topological polar surface area (TPSA) is 117 Å². The van der Waals surface area contributed by atoms with Crippen molar-refractivity contribution < 1.29 is 9.59 Å².